The zero-order valence-electron chi connectivity index (χ0n) is 16.9. The molecule has 6 unspecified atom stereocenters. The van der Waals surface area contributed by atoms with Crippen LogP contribution in [-0.4, -0.2) is 24.9 Å². The Bertz CT molecular complexity index is 488. The lowest BCUT2D eigenvalue weighted by molar-refractivity contribution is -0.127. The minimum absolute atomic E-state index is 0.322. The number of fused-ring (bicyclic) bond motifs is 4. The van der Waals surface area contributed by atoms with Crippen molar-refractivity contribution in [1.82, 2.24) is 10.6 Å². The van der Waals surface area contributed by atoms with E-state index in [9.17, 15) is 9.59 Å². The van der Waals surface area contributed by atoms with E-state index in [1.54, 1.807) is 0 Å². The third kappa shape index (κ3) is 4.68. The lowest BCUT2D eigenvalue weighted by atomic mass is 9.88. The summed E-state index contributed by atoms with van der Waals surface area (Å²) in [7, 11) is 0. The van der Waals surface area contributed by atoms with Gasteiger partial charge in [0.2, 0.25) is 11.8 Å². The molecule has 6 atom stereocenters. The van der Waals surface area contributed by atoms with E-state index in [0.717, 1.165) is 50.6 Å². The van der Waals surface area contributed by atoms with E-state index < -0.39 is 0 Å². The molecule has 4 aliphatic carbocycles. The second-order valence-corrected chi connectivity index (χ2v) is 9.91. The van der Waals surface area contributed by atoms with Gasteiger partial charge in [0.1, 0.15) is 0 Å². The molecule has 0 radical (unpaired) electrons. The molecule has 4 nitrogen and oxygen atoms in total. The number of nitrogens with one attached hydrogen (secondary N) is 2. The van der Waals surface area contributed by atoms with Gasteiger partial charge in [-0.05, 0) is 75.0 Å². The van der Waals surface area contributed by atoms with Gasteiger partial charge in [0, 0.05) is 24.9 Å². The molecule has 2 N–H and O–H groups in total. The van der Waals surface area contributed by atoms with Gasteiger partial charge >= 0.3 is 0 Å². The predicted molar refractivity (Wildman–Crippen MR) is 107 cm³/mol. The lowest BCUT2D eigenvalue weighted by Crippen LogP contribution is -2.34. The maximum atomic E-state index is 12.3. The normalized spacial score (nSPS) is 36.3. The number of carbonyl (C=O) groups excluding carboxylic acids is 2. The Balaban J connectivity index is 0.970. The van der Waals surface area contributed by atoms with Crippen LogP contribution in [0.2, 0.25) is 0 Å². The highest BCUT2D eigenvalue weighted by Crippen LogP contribution is 2.49. The summed E-state index contributed by atoms with van der Waals surface area (Å²) >= 11 is 0. The van der Waals surface area contributed by atoms with Crippen molar-refractivity contribution >= 4 is 11.8 Å². The van der Waals surface area contributed by atoms with E-state index >= 15 is 0 Å². The molecule has 152 valence electrons. The maximum Gasteiger partial charge on any atom is 0.223 e. The van der Waals surface area contributed by atoms with E-state index in [1.807, 2.05) is 0 Å². The van der Waals surface area contributed by atoms with Gasteiger partial charge in [0.05, 0.1) is 0 Å². The maximum absolute atomic E-state index is 12.3. The minimum atomic E-state index is 0.322. The SMILES string of the molecule is O=C(NCCCCCCCNC(=O)C1CC2CCC1C2)C1CC2CCC1C2. The van der Waals surface area contributed by atoms with Crippen molar-refractivity contribution in [1.29, 1.82) is 0 Å². The van der Waals surface area contributed by atoms with Gasteiger partial charge in [0.15, 0.2) is 0 Å². The zero-order valence-corrected chi connectivity index (χ0v) is 16.9. The van der Waals surface area contributed by atoms with Gasteiger partial charge in [-0.15, -0.1) is 0 Å². The Kier molecular flexibility index (Phi) is 6.39. The second-order valence-electron chi connectivity index (χ2n) is 9.91. The molecule has 4 fully saturated rings. The monoisotopic (exact) mass is 374 g/mol. The van der Waals surface area contributed by atoms with Crippen LogP contribution >= 0.6 is 0 Å². The van der Waals surface area contributed by atoms with Crippen molar-refractivity contribution in [2.24, 2.45) is 35.5 Å². The van der Waals surface area contributed by atoms with Crippen LogP contribution in [0, 0.1) is 35.5 Å². The summed E-state index contributed by atoms with van der Waals surface area (Å²) in [4.78, 5) is 24.6. The van der Waals surface area contributed by atoms with Crippen LogP contribution < -0.4 is 10.6 Å². The van der Waals surface area contributed by atoms with Gasteiger partial charge < -0.3 is 10.6 Å². The van der Waals surface area contributed by atoms with Crippen LogP contribution in [0.15, 0.2) is 0 Å². The van der Waals surface area contributed by atoms with Crippen LogP contribution in [0.4, 0.5) is 0 Å². The van der Waals surface area contributed by atoms with E-state index in [2.05, 4.69) is 10.6 Å². The van der Waals surface area contributed by atoms with Crippen LogP contribution in [0.25, 0.3) is 0 Å². The van der Waals surface area contributed by atoms with Gasteiger partial charge in [0.25, 0.3) is 0 Å². The first kappa shape index (κ1) is 19.3. The minimum Gasteiger partial charge on any atom is -0.356 e. The molecule has 0 aromatic rings. The highest BCUT2D eigenvalue weighted by molar-refractivity contribution is 5.79. The van der Waals surface area contributed by atoms with Crippen molar-refractivity contribution in [2.45, 2.75) is 83.5 Å². The molecule has 0 aromatic carbocycles. The summed E-state index contributed by atoms with van der Waals surface area (Å²) in [5.41, 5.74) is 0. The first-order valence-corrected chi connectivity index (χ1v) is 11.8. The van der Waals surface area contributed by atoms with E-state index in [4.69, 9.17) is 0 Å². The molecule has 4 bridgehead atoms. The highest BCUT2D eigenvalue weighted by atomic mass is 16.2. The van der Waals surface area contributed by atoms with E-state index in [0.29, 0.717) is 35.5 Å². The lowest BCUT2D eigenvalue weighted by Gasteiger charge is -2.21. The molecular formula is C23H38N2O2. The zero-order chi connectivity index (χ0) is 18.6. The predicted octanol–water partition coefficient (Wildman–Crippen LogP) is 4.04. The van der Waals surface area contributed by atoms with Gasteiger partial charge in [-0.25, -0.2) is 0 Å². The van der Waals surface area contributed by atoms with Crippen molar-refractivity contribution in [3.05, 3.63) is 0 Å². The Morgan fingerprint density at radius 1 is 0.593 bits per heavy atom. The number of hydrogen-bond donors (Lipinski definition) is 2. The molecule has 4 heteroatoms. The molecule has 0 aliphatic heterocycles. The van der Waals surface area contributed by atoms with Crippen LogP contribution in [0.3, 0.4) is 0 Å². The molecule has 27 heavy (non-hydrogen) atoms. The Hall–Kier alpha value is -1.06. The topological polar surface area (TPSA) is 58.2 Å². The van der Waals surface area contributed by atoms with Crippen molar-refractivity contribution in [3.8, 4) is 0 Å². The fraction of sp³-hybridized carbons (Fsp3) is 0.913. The van der Waals surface area contributed by atoms with Gasteiger partial charge in [-0.2, -0.15) is 0 Å². The van der Waals surface area contributed by atoms with E-state index in [-0.39, 0.29) is 0 Å². The van der Waals surface area contributed by atoms with E-state index in [1.165, 1.54) is 57.8 Å². The van der Waals surface area contributed by atoms with Gasteiger partial charge in [-0.3, -0.25) is 9.59 Å². The largest absolute Gasteiger partial charge is 0.356 e. The third-order valence-electron chi connectivity index (χ3n) is 8.10. The fourth-order valence-corrected chi connectivity index (χ4v) is 6.60. The quantitative estimate of drug-likeness (QED) is 0.567. The average molecular weight is 375 g/mol. The summed E-state index contributed by atoms with van der Waals surface area (Å²) in [6.45, 7) is 1.68. The van der Waals surface area contributed by atoms with Crippen molar-refractivity contribution < 1.29 is 9.59 Å². The number of amides is 2. The second kappa shape index (κ2) is 8.96. The smallest absolute Gasteiger partial charge is 0.223 e. The highest BCUT2D eigenvalue weighted by Gasteiger charge is 2.43. The van der Waals surface area contributed by atoms with Crippen molar-refractivity contribution in [3.63, 3.8) is 0 Å². The molecule has 4 rings (SSSR count). The third-order valence-corrected chi connectivity index (χ3v) is 8.10. The Labute approximate surface area is 164 Å². The summed E-state index contributed by atoms with van der Waals surface area (Å²) in [6, 6.07) is 0. The van der Waals surface area contributed by atoms with Crippen LogP contribution in [-0.2, 0) is 9.59 Å². The standard InChI is InChI=1S/C23H38N2O2/c26-22(20-14-16-6-8-18(20)12-16)24-10-4-2-1-3-5-11-25-23(27)21-15-17-7-9-19(21)13-17/h16-21H,1-15H2,(H,24,26)(H,25,27). The molecule has 2 amide bonds. The average Bonchev–Trinajstić information content (AvgIpc) is 3.47. The summed E-state index contributed by atoms with van der Waals surface area (Å²) in [6.07, 6.45) is 15.9. The molecule has 4 aliphatic rings. The van der Waals surface area contributed by atoms with Crippen molar-refractivity contribution in [2.75, 3.05) is 13.1 Å². The summed E-state index contributed by atoms with van der Waals surface area (Å²) in [5, 5.41) is 6.35. The number of rotatable bonds is 10. The molecule has 0 spiro atoms. The molecule has 0 aromatic heterocycles. The molecule has 0 heterocycles. The summed E-state index contributed by atoms with van der Waals surface area (Å²) < 4.78 is 0. The number of unbranched alkanes of at least 4 members (excludes halogenated alkanes) is 4. The first-order valence-electron chi connectivity index (χ1n) is 11.8. The Morgan fingerprint density at radius 2 is 1.04 bits per heavy atom. The molecule has 0 saturated heterocycles. The Morgan fingerprint density at radius 3 is 1.41 bits per heavy atom. The fourth-order valence-electron chi connectivity index (χ4n) is 6.60. The number of carbonyl (C=O) groups is 2. The molecular weight excluding hydrogens is 336 g/mol. The van der Waals surface area contributed by atoms with Crippen LogP contribution in [0.1, 0.15) is 83.5 Å². The van der Waals surface area contributed by atoms with Gasteiger partial charge in [-0.1, -0.05) is 32.1 Å². The summed E-state index contributed by atoms with van der Waals surface area (Å²) in [5.74, 6) is 4.35. The first-order chi connectivity index (χ1) is 13.2. The molecule has 4 saturated carbocycles. The van der Waals surface area contributed by atoms with Crippen LogP contribution in [0.5, 0.6) is 0 Å². The number of hydrogen-bond acceptors (Lipinski definition) is 2.